The zero-order valence-corrected chi connectivity index (χ0v) is 29.5. The van der Waals surface area contributed by atoms with Gasteiger partial charge in [0.15, 0.2) is 0 Å². The molecule has 7 rings (SSSR count). The van der Waals surface area contributed by atoms with E-state index in [0.29, 0.717) is 52.7 Å². The summed E-state index contributed by atoms with van der Waals surface area (Å²) in [5.74, 6) is -3.14. The first kappa shape index (κ1) is 36.8. The smallest absolute Gasteiger partial charge is 0.378 e. The lowest BCUT2D eigenvalue weighted by Gasteiger charge is -2.42. The van der Waals surface area contributed by atoms with Gasteiger partial charge in [-0.1, -0.05) is 30.8 Å². The molecule has 14 nitrogen and oxygen atoms in total. The van der Waals surface area contributed by atoms with E-state index in [-0.39, 0.29) is 19.0 Å². The van der Waals surface area contributed by atoms with E-state index >= 15 is 0 Å². The van der Waals surface area contributed by atoms with Gasteiger partial charge in [-0.25, -0.2) is 14.6 Å². The number of hydrogen-bond donors (Lipinski definition) is 2. The van der Waals surface area contributed by atoms with Gasteiger partial charge in [0, 0.05) is 56.6 Å². The van der Waals surface area contributed by atoms with Gasteiger partial charge < -0.3 is 15.4 Å². The zero-order chi connectivity index (χ0) is 38.0. The standard InChI is InChI=1S/C37H39F3N10O4/c1-3-49-35-27(19-43-50(35)25-9-5-4-6-10-25)30(31(36(49)53)46-34(52)32-41-13-12-29(45-32)37(38,39)40)28-11-7-8-24(44-28)18-42-33(51)23(2)20-47-14-16-48(17-15-47)26-21-54-22-26/h4-13,19,26,30-31H,2-3,14-18,20-22H2,1H3,(H,42,51)(H,46,52)/t30-,31-/m0/s1. The number of anilines is 1. The van der Waals surface area contributed by atoms with Crippen molar-refractivity contribution < 1.29 is 32.3 Å². The minimum absolute atomic E-state index is 0.0497. The molecule has 17 heteroatoms. The Morgan fingerprint density at radius 1 is 1.00 bits per heavy atom. The Bertz CT molecular complexity index is 2030. The quantitative estimate of drug-likeness (QED) is 0.220. The molecule has 2 saturated heterocycles. The molecule has 0 unspecified atom stereocenters. The number of rotatable bonds is 11. The Hall–Kier alpha value is -5.52. The molecule has 3 aliphatic heterocycles. The molecule has 0 radical (unpaired) electrons. The normalized spacial score (nSPS) is 19.6. The SMILES string of the molecule is C=C(CN1CCN(C2COC2)CC1)C(=O)NCc1cccc([C@@H]2c3cnn(-c4ccccc4)c3N(CC)C(=O)[C@H]2NC(=O)c2nccc(C(F)(F)F)n2)n1. The van der Waals surface area contributed by atoms with Gasteiger partial charge in [-0.05, 0) is 37.3 Å². The molecule has 0 bridgehead atoms. The number of carbonyl (C=O) groups is 3. The van der Waals surface area contributed by atoms with Crippen LogP contribution in [0.2, 0.25) is 0 Å². The van der Waals surface area contributed by atoms with Gasteiger partial charge in [0.25, 0.3) is 11.8 Å². The fraction of sp³-hybridized carbons (Fsp3) is 0.378. The van der Waals surface area contributed by atoms with Crippen molar-refractivity contribution >= 4 is 23.5 Å². The molecular weight excluding hydrogens is 705 g/mol. The van der Waals surface area contributed by atoms with E-state index in [2.05, 4.69) is 42.1 Å². The first-order valence-corrected chi connectivity index (χ1v) is 17.6. The van der Waals surface area contributed by atoms with Crippen molar-refractivity contribution in [3.63, 3.8) is 0 Å². The van der Waals surface area contributed by atoms with Gasteiger partial charge in [0.1, 0.15) is 17.6 Å². The summed E-state index contributed by atoms with van der Waals surface area (Å²) in [6.07, 6.45) is -2.39. The topological polar surface area (TPSA) is 151 Å². The first-order chi connectivity index (χ1) is 26.0. The Morgan fingerprint density at radius 2 is 1.76 bits per heavy atom. The molecule has 3 aromatic heterocycles. The zero-order valence-electron chi connectivity index (χ0n) is 29.5. The molecule has 282 valence electrons. The predicted molar refractivity (Wildman–Crippen MR) is 190 cm³/mol. The maximum absolute atomic E-state index is 14.3. The molecule has 1 aromatic carbocycles. The molecule has 0 saturated carbocycles. The molecule has 2 N–H and O–H groups in total. The maximum atomic E-state index is 14.3. The number of pyridine rings is 1. The van der Waals surface area contributed by atoms with Gasteiger partial charge in [-0.2, -0.15) is 18.3 Å². The number of aromatic nitrogens is 5. The average molecular weight is 745 g/mol. The van der Waals surface area contributed by atoms with E-state index in [1.165, 1.54) is 4.90 Å². The van der Waals surface area contributed by atoms with E-state index < -0.39 is 41.5 Å². The van der Waals surface area contributed by atoms with Crippen LogP contribution in [0.25, 0.3) is 5.69 Å². The van der Waals surface area contributed by atoms with Gasteiger partial charge in [0.05, 0.1) is 55.0 Å². The number of piperazine rings is 1. The average Bonchev–Trinajstić information content (AvgIpc) is 3.58. The number of alkyl halides is 3. The Morgan fingerprint density at radius 3 is 2.44 bits per heavy atom. The minimum atomic E-state index is -4.81. The number of halogens is 3. The fourth-order valence-electron chi connectivity index (χ4n) is 6.94. The second kappa shape index (κ2) is 15.5. The highest BCUT2D eigenvalue weighted by molar-refractivity contribution is 6.04. The van der Waals surface area contributed by atoms with E-state index in [9.17, 15) is 27.6 Å². The third-order valence-electron chi connectivity index (χ3n) is 9.84. The van der Waals surface area contributed by atoms with Crippen LogP contribution in [-0.2, 0) is 27.0 Å². The Balaban J connectivity index is 1.13. The van der Waals surface area contributed by atoms with Crippen molar-refractivity contribution in [3.05, 3.63) is 108 Å². The fourth-order valence-corrected chi connectivity index (χ4v) is 6.94. The highest BCUT2D eigenvalue weighted by Crippen LogP contribution is 2.41. The summed E-state index contributed by atoms with van der Waals surface area (Å²) in [6.45, 7) is 11.4. The number of hydrogen-bond acceptors (Lipinski definition) is 10. The van der Waals surface area contributed by atoms with Crippen molar-refractivity contribution in [2.24, 2.45) is 0 Å². The third-order valence-corrected chi connectivity index (χ3v) is 9.84. The van der Waals surface area contributed by atoms with Gasteiger partial charge in [-0.15, -0.1) is 0 Å². The molecule has 0 spiro atoms. The number of benzene rings is 1. The molecule has 3 aliphatic rings. The van der Waals surface area contributed by atoms with Crippen LogP contribution in [0.15, 0.2) is 79.1 Å². The Kier molecular flexibility index (Phi) is 10.5. The molecular formula is C37H39F3N10O4. The number of fused-ring (bicyclic) bond motifs is 1. The molecule has 2 fully saturated rings. The molecule has 2 atom stereocenters. The van der Waals surface area contributed by atoms with Crippen LogP contribution in [0.5, 0.6) is 0 Å². The Labute approximate surface area is 309 Å². The van der Waals surface area contributed by atoms with E-state index in [4.69, 9.17) is 9.72 Å². The summed E-state index contributed by atoms with van der Waals surface area (Å²) < 4.78 is 47.3. The van der Waals surface area contributed by atoms with Crippen LogP contribution in [0.1, 0.15) is 46.1 Å². The van der Waals surface area contributed by atoms with Crippen LogP contribution in [-0.4, -0.2) is 117 Å². The van der Waals surface area contributed by atoms with Crippen LogP contribution in [0, 0.1) is 0 Å². The number of nitrogens with one attached hydrogen (secondary N) is 2. The lowest BCUT2D eigenvalue weighted by molar-refractivity contribution is -0.141. The van der Waals surface area contributed by atoms with E-state index in [0.717, 1.165) is 45.6 Å². The largest absolute Gasteiger partial charge is 0.433 e. The highest BCUT2D eigenvalue weighted by Gasteiger charge is 2.45. The number of likely N-dealkylation sites (N-methyl/N-ethyl adjacent to an activating group) is 1. The molecule has 6 heterocycles. The molecule has 0 aliphatic carbocycles. The lowest BCUT2D eigenvalue weighted by Crippen LogP contribution is -2.56. The summed E-state index contributed by atoms with van der Waals surface area (Å²) in [4.78, 5) is 59.0. The van der Waals surface area contributed by atoms with Crippen LogP contribution in [0.4, 0.5) is 19.0 Å². The maximum Gasteiger partial charge on any atom is 0.433 e. The number of ether oxygens (including phenoxy) is 1. The van der Waals surface area contributed by atoms with E-state index in [1.54, 1.807) is 36.0 Å². The molecule has 54 heavy (non-hydrogen) atoms. The second-order valence-corrected chi connectivity index (χ2v) is 13.3. The van der Waals surface area contributed by atoms with Gasteiger partial charge in [0.2, 0.25) is 11.7 Å². The number of para-hydroxylation sites is 1. The van der Waals surface area contributed by atoms with Crippen molar-refractivity contribution in [2.75, 3.05) is 57.4 Å². The monoisotopic (exact) mass is 744 g/mol. The van der Waals surface area contributed by atoms with Crippen LogP contribution in [0.3, 0.4) is 0 Å². The van der Waals surface area contributed by atoms with Crippen LogP contribution >= 0.6 is 0 Å². The first-order valence-electron chi connectivity index (χ1n) is 17.6. The molecule has 4 aromatic rings. The lowest BCUT2D eigenvalue weighted by atomic mass is 9.85. The summed E-state index contributed by atoms with van der Waals surface area (Å²) in [6, 6.07) is 14.1. The highest BCUT2D eigenvalue weighted by atomic mass is 19.4. The number of nitrogens with zero attached hydrogens (tertiary/aromatic N) is 8. The van der Waals surface area contributed by atoms with Crippen molar-refractivity contribution in [1.82, 2.24) is 45.2 Å². The summed E-state index contributed by atoms with van der Waals surface area (Å²) >= 11 is 0. The summed E-state index contributed by atoms with van der Waals surface area (Å²) in [5.41, 5.74) is 1.19. The second-order valence-electron chi connectivity index (χ2n) is 13.3. The van der Waals surface area contributed by atoms with Crippen LogP contribution < -0.4 is 15.5 Å². The van der Waals surface area contributed by atoms with Gasteiger partial charge in [-0.3, -0.25) is 34.1 Å². The van der Waals surface area contributed by atoms with E-state index in [1.807, 2.05) is 30.3 Å². The molecule has 3 amide bonds. The summed E-state index contributed by atoms with van der Waals surface area (Å²) in [5, 5.41) is 10.1. The van der Waals surface area contributed by atoms with Crippen molar-refractivity contribution in [2.45, 2.75) is 37.6 Å². The van der Waals surface area contributed by atoms with Crippen molar-refractivity contribution in [1.29, 1.82) is 0 Å². The third kappa shape index (κ3) is 7.60. The predicted octanol–water partition coefficient (Wildman–Crippen LogP) is 2.56. The van der Waals surface area contributed by atoms with Gasteiger partial charge >= 0.3 is 6.18 Å². The summed E-state index contributed by atoms with van der Waals surface area (Å²) in [7, 11) is 0. The van der Waals surface area contributed by atoms with Crippen molar-refractivity contribution in [3.8, 4) is 5.69 Å². The number of carbonyl (C=O) groups excluding carboxylic acids is 3. The minimum Gasteiger partial charge on any atom is -0.378 e. The number of amides is 3.